The summed E-state index contributed by atoms with van der Waals surface area (Å²) in [5, 5.41) is 3.68. The lowest BCUT2D eigenvalue weighted by Gasteiger charge is -2.30. The maximum Gasteiger partial charge on any atom is 0.0337 e. The number of hydrogen-bond donors (Lipinski definition) is 2. The molecule has 2 N–H and O–H groups in total. The van der Waals surface area contributed by atoms with Gasteiger partial charge in [0.25, 0.3) is 0 Å². The lowest BCUT2D eigenvalue weighted by Crippen LogP contribution is -2.38. The molecule has 2 rings (SSSR count). The largest absolute Gasteiger partial charge is 0.365 e. The molecule has 1 aromatic rings. The normalized spacial score (nSPS) is 27.2. The van der Waals surface area contributed by atoms with Crippen molar-refractivity contribution >= 4 is 0 Å². The smallest absolute Gasteiger partial charge is 0.0337 e. The summed E-state index contributed by atoms with van der Waals surface area (Å²) in [6.45, 7) is 4.49. The van der Waals surface area contributed by atoms with Gasteiger partial charge in [-0.25, -0.2) is 0 Å². The molecule has 1 aromatic heterocycles. The van der Waals surface area contributed by atoms with Crippen molar-refractivity contribution in [3.05, 3.63) is 23.5 Å². The van der Waals surface area contributed by atoms with Crippen LogP contribution in [0.2, 0.25) is 0 Å². The monoisotopic (exact) mass is 178 g/mol. The maximum atomic E-state index is 3.68. The van der Waals surface area contributed by atoms with Crippen LogP contribution in [0.1, 0.15) is 44.0 Å². The summed E-state index contributed by atoms with van der Waals surface area (Å²) < 4.78 is 0. The Hall–Kier alpha value is -0.760. The highest BCUT2D eigenvalue weighted by Gasteiger charge is 2.24. The molecule has 2 atom stereocenters. The highest BCUT2D eigenvalue weighted by atomic mass is 15.0. The van der Waals surface area contributed by atoms with Gasteiger partial charge >= 0.3 is 0 Å². The fourth-order valence-corrected chi connectivity index (χ4v) is 2.20. The van der Waals surface area contributed by atoms with E-state index in [2.05, 4.69) is 36.4 Å². The molecule has 0 amide bonds. The predicted octanol–water partition coefficient (Wildman–Crippen LogP) is 2.39. The average Bonchev–Trinajstić information content (AvgIpc) is 2.63. The molecule has 0 saturated carbocycles. The lowest BCUT2D eigenvalue weighted by atomic mass is 9.93. The molecule has 0 aliphatic carbocycles. The van der Waals surface area contributed by atoms with Gasteiger partial charge in [0.05, 0.1) is 0 Å². The van der Waals surface area contributed by atoms with Gasteiger partial charge in [0.15, 0.2) is 0 Å². The highest BCUT2D eigenvalue weighted by Crippen LogP contribution is 2.27. The first-order valence-electron chi connectivity index (χ1n) is 5.27. The van der Waals surface area contributed by atoms with Crippen LogP contribution in [0, 0.1) is 0 Å². The van der Waals surface area contributed by atoms with Crippen molar-refractivity contribution in [1.29, 1.82) is 0 Å². The van der Waals surface area contributed by atoms with E-state index in [1.54, 1.807) is 0 Å². The van der Waals surface area contributed by atoms with Crippen molar-refractivity contribution in [2.75, 3.05) is 0 Å². The molecule has 0 aromatic carbocycles. The van der Waals surface area contributed by atoms with Gasteiger partial charge in [0.2, 0.25) is 0 Å². The van der Waals surface area contributed by atoms with Crippen LogP contribution in [-0.4, -0.2) is 11.0 Å². The summed E-state index contributed by atoms with van der Waals surface area (Å²) in [6, 6.07) is 3.44. The Labute approximate surface area is 79.7 Å². The molecule has 2 heteroatoms. The highest BCUT2D eigenvalue weighted by molar-refractivity contribution is 5.28. The van der Waals surface area contributed by atoms with E-state index in [0.29, 0.717) is 12.1 Å². The van der Waals surface area contributed by atoms with Crippen LogP contribution < -0.4 is 5.32 Å². The summed E-state index contributed by atoms with van der Waals surface area (Å²) in [7, 11) is 0. The minimum Gasteiger partial charge on any atom is -0.365 e. The van der Waals surface area contributed by atoms with Gasteiger partial charge in [0.1, 0.15) is 0 Å². The van der Waals surface area contributed by atoms with Gasteiger partial charge in [-0.1, -0.05) is 13.8 Å². The molecule has 0 fully saturated rings. The first-order chi connectivity index (χ1) is 6.35. The molecule has 0 saturated heterocycles. The van der Waals surface area contributed by atoms with Crippen molar-refractivity contribution in [2.45, 2.75) is 45.2 Å². The lowest BCUT2D eigenvalue weighted by molar-refractivity contribution is 0.384. The Morgan fingerprint density at radius 1 is 1.38 bits per heavy atom. The van der Waals surface area contributed by atoms with Crippen molar-refractivity contribution in [2.24, 2.45) is 0 Å². The number of hydrogen-bond acceptors (Lipinski definition) is 1. The predicted molar refractivity (Wildman–Crippen MR) is 54.7 cm³/mol. The minimum atomic E-state index is 0.569. The summed E-state index contributed by atoms with van der Waals surface area (Å²) >= 11 is 0. The maximum absolute atomic E-state index is 3.68. The van der Waals surface area contributed by atoms with Crippen molar-refractivity contribution in [1.82, 2.24) is 10.3 Å². The second-order valence-electron chi connectivity index (χ2n) is 3.85. The number of fused-ring (bicyclic) bond motifs is 1. The molecular weight excluding hydrogens is 160 g/mol. The van der Waals surface area contributed by atoms with Gasteiger partial charge in [-0.05, 0) is 24.5 Å². The fraction of sp³-hybridized carbons (Fsp3) is 0.636. The fourth-order valence-electron chi connectivity index (χ4n) is 2.20. The molecule has 2 unspecified atom stereocenters. The van der Waals surface area contributed by atoms with Crippen molar-refractivity contribution in [3.63, 3.8) is 0 Å². The van der Waals surface area contributed by atoms with Gasteiger partial charge in [-0.3, -0.25) is 0 Å². The summed E-state index contributed by atoms with van der Waals surface area (Å²) in [4.78, 5) is 3.35. The van der Waals surface area contributed by atoms with E-state index < -0.39 is 0 Å². The molecule has 1 aliphatic heterocycles. The van der Waals surface area contributed by atoms with E-state index in [1.807, 2.05) is 0 Å². The standard InChI is InChI=1S/C11H18N2/c1-3-8-7-11-9(5-6-12-11)10(4-2)13-8/h5-6,8,10,12-13H,3-4,7H2,1-2H3. The third kappa shape index (κ3) is 1.51. The third-order valence-electron chi connectivity index (χ3n) is 3.03. The number of aromatic amines is 1. The molecule has 1 aliphatic rings. The van der Waals surface area contributed by atoms with Gasteiger partial charge in [-0.2, -0.15) is 0 Å². The van der Waals surface area contributed by atoms with Crippen LogP contribution in [0.25, 0.3) is 0 Å². The molecule has 2 nitrogen and oxygen atoms in total. The van der Waals surface area contributed by atoms with Gasteiger partial charge < -0.3 is 10.3 Å². The Morgan fingerprint density at radius 2 is 2.23 bits per heavy atom. The Kier molecular flexibility index (Phi) is 2.40. The number of aromatic nitrogens is 1. The van der Waals surface area contributed by atoms with E-state index in [1.165, 1.54) is 24.1 Å². The summed E-state index contributed by atoms with van der Waals surface area (Å²) in [5.74, 6) is 0. The summed E-state index contributed by atoms with van der Waals surface area (Å²) in [5.41, 5.74) is 2.92. The van der Waals surface area contributed by atoms with Crippen molar-refractivity contribution in [3.8, 4) is 0 Å². The Bertz CT molecular complexity index is 277. The molecule has 0 radical (unpaired) electrons. The van der Waals surface area contributed by atoms with Gasteiger partial charge in [-0.15, -0.1) is 0 Å². The topological polar surface area (TPSA) is 27.8 Å². The second-order valence-corrected chi connectivity index (χ2v) is 3.85. The van der Waals surface area contributed by atoms with Crippen LogP contribution in [0.15, 0.2) is 12.3 Å². The van der Waals surface area contributed by atoms with E-state index >= 15 is 0 Å². The average molecular weight is 178 g/mol. The summed E-state index contributed by atoms with van der Waals surface area (Å²) in [6.07, 6.45) is 5.62. The SMILES string of the molecule is CCC1Cc2[nH]ccc2C(CC)N1. The number of nitrogens with one attached hydrogen (secondary N) is 2. The zero-order valence-corrected chi connectivity index (χ0v) is 8.43. The van der Waals surface area contributed by atoms with E-state index in [0.717, 1.165) is 6.42 Å². The van der Waals surface area contributed by atoms with Crippen LogP contribution in [0.3, 0.4) is 0 Å². The molecule has 72 valence electrons. The number of H-pyrrole nitrogens is 1. The molecular formula is C11H18N2. The van der Waals surface area contributed by atoms with E-state index in [4.69, 9.17) is 0 Å². The number of rotatable bonds is 2. The molecule has 2 heterocycles. The van der Waals surface area contributed by atoms with Crippen molar-refractivity contribution < 1.29 is 0 Å². The first kappa shape index (κ1) is 8.82. The van der Waals surface area contributed by atoms with E-state index in [-0.39, 0.29) is 0 Å². The van der Waals surface area contributed by atoms with Crippen LogP contribution >= 0.6 is 0 Å². The minimum absolute atomic E-state index is 0.569. The quantitative estimate of drug-likeness (QED) is 0.715. The third-order valence-corrected chi connectivity index (χ3v) is 3.03. The Morgan fingerprint density at radius 3 is 2.92 bits per heavy atom. The van der Waals surface area contributed by atoms with Crippen LogP contribution in [0.5, 0.6) is 0 Å². The molecule has 13 heavy (non-hydrogen) atoms. The molecule has 0 bridgehead atoms. The Balaban J connectivity index is 2.25. The second kappa shape index (κ2) is 3.54. The first-order valence-corrected chi connectivity index (χ1v) is 5.27. The van der Waals surface area contributed by atoms with Crippen LogP contribution in [0.4, 0.5) is 0 Å². The van der Waals surface area contributed by atoms with E-state index in [9.17, 15) is 0 Å². The van der Waals surface area contributed by atoms with Crippen LogP contribution in [-0.2, 0) is 6.42 Å². The zero-order valence-electron chi connectivity index (χ0n) is 8.43. The molecule has 0 spiro atoms. The zero-order chi connectivity index (χ0) is 9.26. The van der Waals surface area contributed by atoms with Gasteiger partial charge in [0, 0.05) is 30.4 Å².